The molecule has 3 N–H and O–H groups in total. The van der Waals surface area contributed by atoms with Gasteiger partial charge >= 0.3 is 0 Å². The maximum absolute atomic E-state index is 5.82. The van der Waals surface area contributed by atoms with E-state index in [1.54, 1.807) is 10.7 Å². The van der Waals surface area contributed by atoms with Crippen molar-refractivity contribution in [3.8, 4) is 11.6 Å². The summed E-state index contributed by atoms with van der Waals surface area (Å²) in [4.78, 5) is 8.53. The van der Waals surface area contributed by atoms with Crippen LogP contribution in [0, 0.1) is 13.8 Å². The van der Waals surface area contributed by atoms with Gasteiger partial charge in [0.15, 0.2) is 5.75 Å². The third kappa shape index (κ3) is 2.65. The number of nitrogens with one attached hydrogen (secondary N) is 1. The number of aryl methyl sites for hydroxylation is 3. The number of hydrogen-bond acceptors (Lipinski definition) is 6. The second kappa shape index (κ2) is 5.23. The highest BCUT2D eigenvalue weighted by Gasteiger charge is 2.13. The Labute approximate surface area is 111 Å². The van der Waals surface area contributed by atoms with Crippen LogP contribution in [0.1, 0.15) is 24.1 Å². The summed E-state index contributed by atoms with van der Waals surface area (Å²) in [5, 5.41) is 4.30. The fourth-order valence-electron chi connectivity index (χ4n) is 1.76. The fraction of sp³-hybridized carbons (Fsp3) is 0.417. The van der Waals surface area contributed by atoms with Crippen LogP contribution in [-0.4, -0.2) is 19.7 Å². The maximum Gasteiger partial charge on any atom is 0.224 e. The summed E-state index contributed by atoms with van der Waals surface area (Å²) in [6.45, 7) is 5.81. The number of ether oxygens (including phenoxy) is 1. The molecule has 7 nitrogen and oxygen atoms in total. The molecule has 0 fully saturated rings. The Bertz CT molecular complexity index is 570. The molecule has 0 aliphatic carbocycles. The van der Waals surface area contributed by atoms with Gasteiger partial charge in [-0.3, -0.25) is 4.68 Å². The van der Waals surface area contributed by atoms with Crippen molar-refractivity contribution in [3.63, 3.8) is 0 Å². The Morgan fingerprint density at radius 2 is 2.11 bits per heavy atom. The van der Waals surface area contributed by atoms with Crippen LogP contribution in [0.5, 0.6) is 11.6 Å². The fourth-order valence-corrected chi connectivity index (χ4v) is 1.76. The molecule has 0 bridgehead atoms. The molecular weight excluding hydrogens is 244 g/mol. The van der Waals surface area contributed by atoms with Crippen molar-refractivity contribution in [3.05, 3.63) is 23.3 Å². The van der Waals surface area contributed by atoms with Gasteiger partial charge in [-0.05, 0) is 13.8 Å². The van der Waals surface area contributed by atoms with E-state index in [-0.39, 0.29) is 0 Å². The van der Waals surface area contributed by atoms with E-state index in [1.807, 2.05) is 27.8 Å². The summed E-state index contributed by atoms with van der Waals surface area (Å²) in [6, 6.07) is 1.66. The first kappa shape index (κ1) is 13.3. The monoisotopic (exact) mass is 262 g/mol. The Kier molecular flexibility index (Phi) is 3.66. The number of rotatable bonds is 4. The van der Waals surface area contributed by atoms with Crippen LogP contribution in [0.4, 0.5) is 5.82 Å². The van der Waals surface area contributed by atoms with Gasteiger partial charge in [0, 0.05) is 19.5 Å². The summed E-state index contributed by atoms with van der Waals surface area (Å²) in [5.41, 5.74) is 4.27. The minimum Gasteiger partial charge on any atom is -0.435 e. The zero-order chi connectivity index (χ0) is 14.0. The van der Waals surface area contributed by atoms with E-state index in [2.05, 4.69) is 20.5 Å². The lowest BCUT2D eigenvalue weighted by Gasteiger charge is -2.08. The molecule has 0 aromatic carbocycles. The Morgan fingerprint density at radius 1 is 1.37 bits per heavy atom. The second-order valence-electron chi connectivity index (χ2n) is 4.23. The molecule has 2 rings (SSSR count). The minimum atomic E-state index is 0.457. The van der Waals surface area contributed by atoms with Crippen LogP contribution in [0.3, 0.4) is 0 Å². The Balaban J connectivity index is 2.37. The first-order valence-corrected chi connectivity index (χ1v) is 6.07. The quantitative estimate of drug-likeness (QED) is 0.640. The number of hydrogen-bond donors (Lipinski definition) is 2. The number of anilines is 1. The van der Waals surface area contributed by atoms with Gasteiger partial charge in [-0.15, -0.1) is 0 Å². The predicted octanol–water partition coefficient (Wildman–Crippen LogP) is 1.47. The van der Waals surface area contributed by atoms with Gasteiger partial charge in [-0.2, -0.15) is 10.1 Å². The lowest BCUT2D eigenvalue weighted by atomic mass is 10.3. The van der Waals surface area contributed by atoms with E-state index in [0.717, 1.165) is 11.4 Å². The molecule has 2 aromatic rings. The van der Waals surface area contributed by atoms with Gasteiger partial charge in [0.05, 0.1) is 5.69 Å². The van der Waals surface area contributed by atoms with Crippen molar-refractivity contribution >= 4 is 5.82 Å². The summed E-state index contributed by atoms with van der Waals surface area (Å²) in [5.74, 6) is 7.76. The topological polar surface area (TPSA) is 90.9 Å². The van der Waals surface area contributed by atoms with Crippen LogP contribution in [0.25, 0.3) is 0 Å². The third-order valence-corrected chi connectivity index (χ3v) is 2.86. The number of aromatic nitrogens is 4. The molecule has 2 aromatic heterocycles. The van der Waals surface area contributed by atoms with Crippen LogP contribution >= 0.6 is 0 Å². The SMILES string of the molecule is CCc1nc(NN)cc(Oc2c(C)nn(C)c2C)n1. The van der Waals surface area contributed by atoms with E-state index < -0.39 is 0 Å². The summed E-state index contributed by atoms with van der Waals surface area (Å²) < 4.78 is 7.59. The van der Waals surface area contributed by atoms with Crippen LogP contribution in [0.15, 0.2) is 6.07 Å². The van der Waals surface area contributed by atoms with Crippen molar-refractivity contribution in [1.82, 2.24) is 19.7 Å². The lowest BCUT2D eigenvalue weighted by molar-refractivity contribution is 0.451. The summed E-state index contributed by atoms with van der Waals surface area (Å²) in [6.07, 6.45) is 0.705. The largest absolute Gasteiger partial charge is 0.435 e. The third-order valence-electron chi connectivity index (χ3n) is 2.86. The predicted molar refractivity (Wildman–Crippen MR) is 72.0 cm³/mol. The number of nitrogens with zero attached hydrogens (tertiary/aromatic N) is 4. The van der Waals surface area contributed by atoms with Crippen molar-refractivity contribution in [2.75, 3.05) is 5.43 Å². The average molecular weight is 262 g/mol. The van der Waals surface area contributed by atoms with E-state index >= 15 is 0 Å². The molecule has 0 amide bonds. The first-order valence-electron chi connectivity index (χ1n) is 6.07. The van der Waals surface area contributed by atoms with Crippen molar-refractivity contribution in [2.45, 2.75) is 27.2 Å². The van der Waals surface area contributed by atoms with Gasteiger partial charge in [-0.25, -0.2) is 10.8 Å². The van der Waals surface area contributed by atoms with Crippen molar-refractivity contribution in [1.29, 1.82) is 0 Å². The summed E-state index contributed by atoms with van der Waals surface area (Å²) >= 11 is 0. The Hall–Kier alpha value is -2.15. The standard InChI is InChI=1S/C12H18N6O/c1-5-9-14-10(16-13)6-11(15-9)19-12-7(2)17-18(4)8(12)3/h6H,5,13H2,1-4H3,(H,14,15,16). The minimum absolute atomic E-state index is 0.457. The molecule has 0 atom stereocenters. The second-order valence-corrected chi connectivity index (χ2v) is 4.23. The molecule has 0 saturated heterocycles. The smallest absolute Gasteiger partial charge is 0.224 e. The summed E-state index contributed by atoms with van der Waals surface area (Å²) in [7, 11) is 1.87. The van der Waals surface area contributed by atoms with E-state index in [1.165, 1.54) is 0 Å². The Morgan fingerprint density at radius 3 is 2.63 bits per heavy atom. The van der Waals surface area contributed by atoms with Crippen molar-refractivity contribution in [2.24, 2.45) is 12.9 Å². The first-order chi connectivity index (χ1) is 9.05. The highest BCUT2D eigenvalue weighted by atomic mass is 16.5. The molecular formula is C12H18N6O. The maximum atomic E-state index is 5.82. The van der Waals surface area contributed by atoms with Crippen molar-refractivity contribution < 1.29 is 4.74 Å². The zero-order valence-corrected chi connectivity index (χ0v) is 11.6. The van der Waals surface area contributed by atoms with E-state index in [0.29, 0.717) is 29.7 Å². The molecule has 0 aliphatic heterocycles. The van der Waals surface area contributed by atoms with Gasteiger partial charge in [-0.1, -0.05) is 6.92 Å². The van der Waals surface area contributed by atoms with E-state index in [9.17, 15) is 0 Å². The molecule has 0 unspecified atom stereocenters. The highest BCUT2D eigenvalue weighted by Crippen LogP contribution is 2.27. The number of hydrazine groups is 1. The molecule has 19 heavy (non-hydrogen) atoms. The lowest BCUT2D eigenvalue weighted by Crippen LogP contribution is -2.10. The molecule has 7 heteroatoms. The zero-order valence-electron chi connectivity index (χ0n) is 11.6. The number of nitrogens with two attached hydrogens (primary N) is 1. The highest BCUT2D eigenvalue weighted by molar-refractivity contribution is 5.41. The van der Waals surface area contributed by atoms with Crippen LogP contribution in [-0.2, 0) is 13.5 Å². The van der Waals surface area contributed by atoms with E-state index in [4.69, 9.17) is 10.6 Å². The molecule has 0 aliphatic rings. The van der Waals surface area contributed by atoms with Gasteiger partial charge in [0.25, 0.3) is 0 Å². The van der Waals surface area contributed by atoms with Crippen LogP contribution in [0.2, 0.25) is 0 Å². The average Bonchev–Trinajstić information content (AvgIpc) is 2.65. The molecule has 0 spiro atoms. The van der Waals surface area contributed by atoms with Gasteiger partial charge in [0.1, 0.15) is 17.3 Å². The normalized spacial score (nSPS) is 10.6. The molecule has 102 valence electrons. The molecule has 2 heterocycles. The molecule has 0 saturated carbocycles. The van der Waals surface area contributed by atoms with Gasteiger partial charge in [0.2, 0.25) is 5.88 Å². The molecule has 0 radical (unpaired) electrons. The van der Waals surface area contributed by atoms with Crippen LogP contribution < -0.4 is 16.0 Å². The number of nitrogen functional groups attached to an aromatic ring is 1. The van der Waals surface area contributed by atoms with Gasteiger partial charge < -0.3 is 10.2 Å².